The fourth-order valence-electron chi connectivity index (χ4n) is 0.0945. The van der Waals surface area contributed by atoms with Crippen molar-refractivity contribution in [1.82, 2.24) is 0 Å². The summed E-state index contributed by atoms with van der Waals surface area (Å²) in [6, 6.07) is 0. The first-order valence-corrected chi connectivity index (χ1v) is 5.41. The first-order chi connectivity index (χ1) is 4.21. The molecule has 0 rings (SSSR count). The van der Waals surface area contributed by atoms with E-state index in [1.54, 1.807) is 0 Å². The predicted molar refractivity (Wildman–Crippen MR) is 44.6 cm³/mol. The summed E-state index contributed by atoms with van der Waals surface area (Å²) >= 11 is 12.9. The van der Waals surface area contributed by atoms with E-state index in [1.807, 2.05) is 0 Å². The molecule has 0 radical (unpaired) electrons. The average molecular weight is 296 g/mol. The molecule has 62 valence electrons. The third kappa shape index (κ3) is 9.55. The molecule has 8 heteroatoms. The van der Waals surface area contributed by atoms with Gasteiger partial charge in [-0.2, -0.15) is 13.2 Å². The van der Waals surface area contributed by atoms with Crippen LogP contribution in [-0.2, 0) is 0 Å². The van der Waals surface area contributed by atoms with E-state index in [-0.39, 0.29) is 21.6 Å². The number of alkyl halides is 6. The zero-order valence-electron chi connectivity index (χ0n) is 4.08. The number of halogens is 6. The smallest absolute Gasteiger partial charge is 0.160 e. The fourth-order valence-corrected chi connectivity index (χ4v) is 2.01. The van der Waals surface area contributed by atoms with Crippen molar-refractivity contribution in [1.29, 1.82) is 0 Å². The summed E-state index contributed by atoms with van der Waals surface area (Å²) in [6.45, 7) is 0. The van der Waals surface area contributed by atoms with Gasteiger partial charge in [-0.05, 0) is 26.7 Å². The lowest BCUT2D eigenvalue weighted by molar-refractivity contribution is -0.0311. The van der Waals surface area contributed by atoms with E-state index in [9.17, 15) is 13.2 Å². The van der Waals surface area contributed by atoms with Crippen LogP contribution < -0.4 is 0 Å². The summed E-state index contributed by atoms with van der Waals surface area (Å²) in [5.74, 6) is 0. The molecule has 0 bridgehead atoms. The normalized spacial score (nSPS) is 13.8. The van der Waals surface area contributed by atoms with Crippen LogP contribution >= 0.6 is 60.7 Å². The largest absolute Gasteiger partial charge is 0.452 e. The minimum Gasteiger partial charge on any atom is -0.160 e. The number of hydrogen-bond acceptors (Lipinski definition) is 2. The van der Waals surface area contributed by atoms with Crippen LogP contribution in [0.4, 0.5) is 13.2 Å². The van der Waals surface area contributed by atoms with Crippen LogP contribution in [0.5, 0.6) is 0 Å². The van der Waals surface area contributed by atoms with Crippen molar-refractivity contribution in [2.24, 2.45) is 0 Å². The highest BCUT2D eigenvalue weighted by Gasteiger charge is 2.34. The van der Waals surface area contributed by atoms with Gasteiger partial charge in [0, 0.05) is 10.8 Å². The summed E-state index contributed by atoms with van der Waals surface area (Å²) in [7, 11) is -0.0739. The maximum atomic E-state index is 11.4. The summed E-state index contributed by atoms with van der Waals surface area (Å²) in [6.07, 6.45) is 0. The topological polar surface area (TPSA) is 0 Å². The highest BCUT2D eigenvalue weighted by Crippen LogP contribution is 2.53. The summed E-state index contributed by atoms with van der Waals surface area (Å²) in [4.78, 5) is 0. The molecule has 0 N–H and O–H groups in total. The SMILES string of the molecule is FC(F)(F)SSC(Cl)(Cl)Br. The van der Waals surface area contributed by atoms with Gasteiger partial charge in [0.25, 0.3) is 0 Å². The maximum Gasteiger partial charge on any atom is 0.452 e. The van der Waals surface area contributed by atoms with Crippen molar-refractivity contribution in [3.05, 3.63) is 0 Å². The fraction of sp³-hybridized carbons (Fsp3) is 1.00. The van der Waals surface area contributed by atoms with Crippen molar-refractivity contribution in [3.8, 4) is 0 Å². The molecule has 0 aliphatic carbocycles. The quantitative estimate of drug-likeness (QED) is 0.548. The molecule has 0 spiro atoms. The predicted octanol–water partition coefficient (Wildman–Crippen LogP) is 4.37. The van der Waals surface area contributed by atoms with Crippen LogP contribution in [0.25, 0.3) is 0 Å². The zero-order chi connectivity index (χ0) is 8.41. The summed E-state index contributed by atoms with van der Waals surface area (Å²) in [5, 5.41) is 0. The van der Waals surface area contributed by atoms with Crippen molar-refractivity contribution >= 4 is 60.7 Å². The van der Waals surface area contributed by atoms with Crippen molar-refractivity contribution < 1.29 is 13.2 Å². The molecule has 0 unspecified atom stereocenters. The summed E-state index contributed by atoms with van der Waals surface area (Å²) < 4.78 is 32.6. The molecule has 0 aromatic heterocycles. The van der Waals surface area contributed by atoms with Gasteiger partial charge in [0.15, 0.2) is 0 Å². The Hall–Kier alpha value is 1.55. The molecule has 0 aliphatic heterocycles. The van der Waals surface area contributed by atoms with E-state index in [0.29, 0.717) is 0 Å². The van der Waals surface area contributed by atoms with Crippen LogP contribution in [0, 0.1) is 0 Å². The second-order valence-electron chi connectivity index (χ2n) is 1.06. The molecule has 0 nitrogen and oxygen atoms in total. The van der Waals surface area contributed by atoms with Gasteiger partial charge in [0.2, 0.25) is 2.57 Å². The van der Waals surface area contributed by atoms with Crippen LogP contribution in [0.3, 0.4) is 0 Å². The minimum atomic E-state index is -4.31. The molecule has 0 fully saturated rings. The first kappa shape index (κ1) is 11.6. The molecule has 0 aliphatic rings. The van der Waals surface area contributed by atoms with Crippen molar-refractivity contribution in [2.75, 3.05) is 0 Å². The average Bonchev–Trinajstić information content (AvgIpc) is 1.57. The Balaban J connectivity index is 3.56. The van der Waals surface area contributed by atoms with Crippen LogP contribution in [0.15, 0.2) is 0 Å². The Bertz CT molecular complexity index is 96.1. The second-order valence-corrected chi connectivity index (χ2v) is 7.87. The van der Waals surface area contributed by atoms with Gasteiger partial charge < -0.3 is 0 Å². The number of hydrogen-bond donors (Lipinski definition) is 0. The Kier molecular flexibility index (Phi) is 4.60. The lowest BCUT2D eigenvalue weighted by Gasteiger charge is -2.10. The second kappa shape index (κ2) is 3.98. The van der Waals surface area contributed by atoms with Crippen molar-refractivity contribution in [2.45, 2.75) is 8.08 Å². The maximum absolute atomic E-state index is 11.4. The standard InChI is InChI=1S/C2BrCl2F3S2/c3-1(4,5)9-10-2(6,7)8. The first-order valence-electron chi connectivity index (χ1n) is 1.71. The molecule has 0 aromatic rings. The third-order valence-corrected chi connectivity index (χ3v) is 4.40. The van der Waals surface area contributed by atoms with Gasteiger partial charge in [-0.1, -0.05) is 23.2 Å². The number of rotatable bonds is 2. The monoisotopic (exact) mass is 294 g/mol. The zero-order valence-corrected chi connectivity index (χ0v) is 8.82. The molecule has 10 heavy (non-hydrogen) atoms. The third-order valence-electron chi connectivity index (χ3n) is 0.231. The van der Waals surface area contributed by atoms with Gasteiger partial charge >= 0.3 is 5.51 Å². The lowest BCUT2D eigenvalue weighted by atomic mass is 11.6. The molecule has 0 amide bonds. The molecular weight excluding hydrogens is 296 g/mol. The molecular formula is C2BrCl2F3S2. The Morgan fingerprint density at radius 3 is 1.60 bits per heavy atom. The highest BCUT2D eigenvalue weighted by atomic mass is 79.9. The molecule has 0 saturated carbocycles. The van der Waals surface area contributed by atoms with Crippen LogP contribution in [0.2, 0.25) is 0 Å². The Labute approximate surface area is 81.7 Å². The minimum absolute atomic E-state index is 0.280. The molecule has 0 atom stereocenters. The van der Waals surface area contributed by atoms with E-state index in [1.165, 1.54) is 0 Å². The highest BCUT2D eigenvalue weighted by molar-refractivity contribution is 9.15. The van der Waals surface area contributed by atoms with Gasteiger partial charge in [0.05, 0.1) is 0 Å². The van der Waals surface area contributed by atoms with E-state index >= 15 is 0 Å². The Morgan fingerprint density at radius 1 is 1.10 bits per heavy atom. The van der Waals surface area contributed by atoms with E-state index in [2.05, 4.69) is 15.9 Å². The molecule has 0 aromatic carbocycles. The Morgan fingerprint density at radius 2 is 1.50 bits per heavy atom. The van der Waals surface area contributed by atoms with Gasteiger partial charge in [-0.15, -0.1) is 0 Å². The van der Waals surface area contributed by atoms with E-state index in [0.717, 1.165) is 0 Å². The van der Waals surface area contributed by atoms with Gasteiger partial charge in [-0.3, -0.25) is 0 Å². The van der Waals surface area contributed by atoms with Crippen LogP contribution in [0.1, 0.15) is 0 Å². The summed E-state index contributed by atoms with van der Waals surface area (Å²) in [5.41, 5.74) is -4.31. The van der Waals surface area contributed by atoms with Gasteiger partial charge in [0.1, 0.15) is 0 Å². The van der Waals surface area contributed by atoms with E-state index in [4.69, 9.17) is 23.2 Å². The van der Waals surface area contributed by atoms with Crippen molar-refractivity contribution in [3.63, 3.8) is 0 Å². The van der Waals surface area contributed by atoms with Crippen LogP contribution in [-0.4, -0.2) is 8.08 Å². The molecule has 0 saturated heterocycles. The van der Waals surface area contributed by atoms with Gasteiger partial charge in [-0.25, -0.2) is 0 Å². The lowest BCUT2D eigenvalue weighted by Crippen LogP contribution is -2.00. The van der Waals surface area contributed by atoms with E-state index < -0.39 is 8.08 Å². The molecule has 0 heterocycles.